The summed E-state index contributed by atoms with van der Waals surface area (Å²) in [6.07, 6.45) is 3.15. The lowest BCUT2D eigenvalue weighted by atomic mass is 10.0. The van der Waals surface area contributed by atoms with Crippen LogP contribution in [0, 0.1) is 6.92 Å². The molecule has 8 heteroatoms. The summed E-state index contributed by atoms with van der Waals surface area (Å²) >= 11 is 0. The lowest BCUT2D eigenvalue weighted by molar-refractivity contribution is 0.0963. The largest absolute Gasteiger partial charge is 0.336 e. The molecule has 0 atom stereocenters. The summed E-state index contributed by atoms with van der Waals surface area (Å²) < 4.78 is 5.21. The fourth-order valence-corrected chi connectivity index (χ4v) is 2.13. The molecule has 0 aromatic carbocycles. The number of aryl methyl sites for hydroxylation is 1. The zero-order valence-corrected chi connectivity index (χ0v) is 13.0. The van der Waals surface area contributed by atoms with E-state index < -0.39 is 0 Å². The average molecular weight is 312 g/mol. The molecule has 0 aliphatic carbocycles. The number of hydrogen-bond donors (Lipinski definition) is 2. The SMILES string of the molecule is Cc1noc2nc(C(C)C)cc(C(=O)NNc3ncccn3)c12. The van der Waals surface area contributed by atoms with E-state index in [2.05, 4.69) is 31.0 Å². The highest BCUT2D eigenvalue weighted by atomic mass is 16.5. The number of nitrogens with zero attached hydrogens (tertiary/aromatic N) is 4. The Morgan fingerprint density at radius 2 is 2.00 bits per heavy atom. The fourth-order valence-electron chi connectivity index (χ4n) is 2.13. The number of pyridine rings is 1. The molecular formula is C15H16N6O2. The zero-order chi connectivity index (χ0) is 16.4. The van der Waals surface area contributed by atoms with E-state index in [1.54, 1.807) is 31.5 Å². The van der Waals surface area contributed by atoms with E-state index in [-0.39, 0.29) is 11.8 Å². The maximum absolute atomic E-state index is 12.5. The van der Waals surface area contributed by atoms with E-state index in [0.29, 0.717) is 28.3 Å². The van der Waals surface area contributed by atoms with E-state index in [1.807, 2.05) is 13.8 Å². The summed E-state index contributed by atoms with van der Waals surface area (Å²) in [5, 5.41) is 4.49. The highest BCUT2D eigenvalue weighted by molar-refractivity contribution is 6.06. The third kappa shape index (κ3) is 2.96. The van der Waals surface area contributed by atoms with Crippen molar-refractivity contribution in [1.29, 1.82) is 0 Å². The van der Waals surface area contributed by atoms with Crippen LogP contribution >= 0.6 is 0 Å². The van der Waals surface area contributed by atoms with E-state index in [4.69, 9.17) is 4.52 Å². The van der Waals surface area contributed by atoms with Crippen molar-refractivity contribution in [3.8, 4) is 0 Å². The molecule has 0 aliphatic heterocycles. The third-order valence-corrected chi connectivity index (χ3v) is 3.33. The summed E-state index contributed by atoms with van der Waals surface area (Å²) in [7, 11) is 0. The van der Waals surface area contributed by atoms with Crippen molar-refractivity contribution in [3.05, 3.63) is 41.5 Å². The minimum Gasteiger partial charge on any atom is -0.336 e. The quantitative estimate of drug-likeness (QED) is 0.711. The lowest BCUT2D eigenvalue weighted by Gasteiger charge is -2.10. The minimum atomic E-state index is -0.335. The molecule has 3 aromatic rings. The number of hydrazine groups is 1. The van der Waals surface area contributed by atoms with Gasteiger partial charge in [-0.2, -0.15) is 0 Å². The van der Waals surface area contributed by atoms with Gasteiger partial charge in [-0.3, -0.25) is 15.6 Å². The molecule has 0 aliphatic rings. The van der Waals surface area contributed by atoms with Gasteiger partial charge in [0.05, 0.1) is 16.6 Å². The molecule has 0 saturated heterocycles. The van der Waals surface area contributed by atoms with Gasteiger partial charge < -0.3 is 4.52 Å². The summed E-state index contributed by atoms with van der Waals surface area (Å²) in [6.45, 7) is 5.76. The number of hydrogen-bond acceptors (Lipinski definition) is 7. The predicted octanol–water partition coefficient (Wildman–Crippen LogP) is 2.20. The number of nitrogens with one attached hydrogen (secondary N) is 2. The Hall–Kier alpha value is -3.03. The first-order valence-electron chi connectivity index (χ1n) is 7.16. The van der Waals surface area contributed by atoms with Crippen molar-refractivity contribution < 1.29 is 9.32 Å². The van der Waals surface area contributed by atoms with E-state index in [9.17, 15) is 4.79 Å². The number of anilines is 1. The van der Waals surface area contributed by atoms with Crippen molar-refractivity contribution in [2.45, 2.75) is 26.7 Å². The predicted molar refractivity (Wildman–Crippen MR) is 83.8 cm³/mol. The molecule has 0 unspecified atom stereocenters. The zero-order valence-electron chi connectivity index (χ0n) is 13.0. The summed E-state index contributed by atoms with van der Waals surface area (Å²) in [5.41, 5.74) is 7.43. The van der Waals surface area contributed by atoms with Crippen molar-refractivity contribution in [2.24, 2.45) is 0 Å². The number of fused-ring (bicyclic) bond motifs is 1. The van der Waals surface area contributed by atoms with Crippen LogP contribution in [0.25, 0.3) is 11.1 Å². The molecule has 0 bridgehead atoms. The highest BCUT2D eigenvalue weighted by Crippen LogP contribution is 2.24. The second-order valence-corrected chi connectivity index (χ2v) is 5.35. The summed E-state index contributed by atoms with van der Waals surface area (Å²) in [4.78, 5) is 24.9. The van der Waals surface area contributed by atoms with Gasteiger partial charge in [-0.25, -0.2) is 15.0 Å². The van der Waals surface area contributed by atoms with Gasteiger partial charge in [-0.15, -0.1) is 0 Å². The first kappa shape index (κ1) is 14.9. The Morgan fingerprint density at radius 3 is 2.70 bits per heavy atom. The Labute approximate surface area is 132 Å². The Balaban J connectivity index is 1.94. The van der Waals surface area contributed by atoms with Gasteiger partial charge in [-0.1, -0.05) is 19.0 Å². The number of aromatic nitrogens is 4. The van der Waals surface area contributed by atoms with E-state index in [0.717, 1.165) is 5.69 Å². The highest BCUT2D eigenvalue weighted by Gasteiger charge is 2.19. The Kier molecular flexibility index (Phi) is 3.88. The summed E-state index contributed by atoms with van der Waals surface area (Å²) in [5.74, 6) is 0.122. The van der Waals surface area contributed by atoms with Gasteiger partial charge in [0.15, 0.2) is 0 Å². The van der Waals surface area contributed by atoms with Crippen LogP contribution in [-0.2, 0) is 0 Å². The number of carbonyl (C=O) groups is 1. The molecular weight excluding hydrogens is 296 g/mol. The molecule has 118 valence electrons. The Morgan fingerprint density at radius 1 is 1.26 bits per heavy atom. The van der Waals surface area contributed by atoms with E-state index in [1.165, 1.54) is 0 Å². The molecule has 0 fully saturated rings. The Bertz CT molecular complexity index is 844. The third-order valence-electron chi connectivity index (χ3n) is 3.33. The first-order chi connectivity index (χ1) is 11.1. The monoisotopic (exact) mass is 312 g/mol. The van der Waals surface area contributed by atoms with Gasteiger partial charge in [0.25, 0.3) is 11.6 Å². The molecule has 3 aromatic heterocycles. The van der Waals surface area contributed by atoms with Gasteiger partial charge >= 0.3 is 0 Å². The van der Waals surface area contributed by atoms with Crippen LogP contribution in [0.2, 0.25) is 0 Å². The molecule has 3 rings (SSSR count). The number of rotatable bonds is 4. The van der Waals surface area contributed by atoms with Crippen LogP contribution in [0.4, 0.5) is 5.95 Å². The van der Waals surface area contributed by atoms with Crippen LogP contribution in [0.5, 0.6) is 0 Å². The van der Waals surface area contributed by atoms with Gasteiger partial charge in [0.1, 0.15) is 0 Å². The van der Waals surface area contributed by atoms with Gasteiger partial charge in [0, 0.05) is 18.1 Å². The number of amides is 1. The van der Waals surface area contributed by atoms with Crippen LogP contribution in [0.3, 0.4) is 0 Å². The van der Waals surface area contributed by atoms with Crippen molar-refractivity contribution in [1.82, 2.24) is 25.5 Å². The first-order valence-corrected chi connectivity index (χ1v) is 7.16. The smallest absolute Gasteiger partial charge is 0.270 e. The molecule has 8 nitrogen and oxygen atoms in total. The molecule has 23 heavy (non-hydrogen) atoms. The number of carbonyl (C=O) groups excluding carboxylic acids is 1. The van der Waals surface area contributed by atoms with Gasteiger partial charge in [-0.05, 0) is 25.0 Å². The van der Waals surface area contributed by atoms with Crippen molar-refractivity contribution in [3.63, 3.8) is 0 Å². The average Bonchev–Trinajstić information content (AvgIpc) is 2.94. The molecule has 0 spiro atoms. The molecule has 3 heterocycles. The molecule has 1 amide bonds. The molecule has 0 saturated carbocycles. The molecule has 0 radical (unpaired) electrons. The normalized spacial score (nSPS) is 11.0. The van der Waals surface area contributed by atoms with E-state index >= 15 is 0 Å². The second-order valence-electron chi connectivity index (χ2n) is 5.35. The van der Waals surface area contributed by atoms with Crippen LogP contribution in [-0.4, -0.2) is 26.0 Å². The topological polar surface area (TPSA) is 106 Å². The summed E-state index contributed by atoms with van der Waals surface area (Å²) in [6, 6.07) is 3.44. The van der Waals surface area contributed by atoms with Crippen molar-refractivity contribution >= 4 is 23.0 Å². The fraction of sp³-hybridized carbons (Fsp3) is 0.267. The van der Waals surface area contributed by atoms with Crippen LogP contribution in [0.15, 0.2) is 29.0 Å². The van der Waals surface area contributed by atoms with Crippen LogP contribution in [0.1, 0.15) is 41.5 Å². The maximum atomic E-state index is 12.5. The lowest BCUT2D eigenvalue weighted by Crippen LogP contribution is -2.30. The maximum Gasteiger partial charge on any atom is 0.270 e. The minimum absolute atomic E-state index is 0.154. The second kappa shape index (κ2) is 5.99. The van der Waals surface area contributed by atoms with Gasteiger partial charge in [0.2, 0.25) is 5.95 Å². The van der Waals surface area contributed by atoms with Crippen LogP contribution < -0.4 is 10.9 Å². The standard InChI is InChI=1S/C15H16N6O2/c1-8(2)11-7-10(12-9(3)21-23-14(12)18-11)13(22)19-20-15-16-5-4-6-17-15/h4-8H,1-3H3,(H,19,22)(H,16,17,20). The van der Waals surface area contributed by atoms with Crippen molar-refractivity contribution in [2.75, 3.05) is 5.43 Å². The molecule has 2 N–H and O–H groups in total.